The molecule has 9 heteroatoms. The molecule has 1 atom stereocenters. The number of hydrogen-bond donors (Lipinski definition) is 0. The van der Waals surface area contributed by atoms with Crippen molar-refractivity contribution in [3.05, 3.63) is 41.9 Å². The van der Waals surface area contributed by atoms with E-state index in [1.54, 1.807) is 37.7 Å². The number of rotatable bonds is 5. The molecule has 0 radical (unpaired) electrons. The van der Waals surface area contributed by atoms with Crippen molar-refractivity contribution in [1.29, 1.82) is 0 Å². The summed E-state index contributed by atoms with van der Waals surface area (Å²) in [5, 5.41) is 5.05. The predicted octanol–water partition coefficient (Wildman–Crippen LogP) is 1.04. The van der Waals surface area contributed by atoms with Crippen molar-refractivity contribution in [2.24, 2.45) is 5.92 Å². The minimum atomic E-state index is -3.15. The molecule has 0 bridgehead atoms. The quantitative estimate of drug-likeness (QED) is 0.794. The summed E-state index contributed by atoms with van der Waals surface area (Å²) in [6, 6.07) is 3.52. The molecule has 1 aliphatic rings. The van der Waals surface area contributed by atoms with Gasteiger partial charge in [-0.05, 0) is 12.1 Å². The molecule has 3 heterocycles. The maximum Gasteiger partial charge on any atom is 0.246 e. The Morgan fingerprint density at radius 1 is 1.38 bits per heavy atom. The first-order chi connectivity index (χ1) is 11.4. The molecule has 0 unspecified atom stereocenters. The largest absolute Gasteiger partial charge is 0.337 e. The molecule has 0 aromatic carbocycles. The minimum Gasteiger partial charge on any atom is -0.337 e. The van der Waals surface area contributed by atoms with Gasteiger partial charge in [0.25, 0.3) is 0 Å². The lowest BCUT2D eigenvalue weighted by molar-refractivity contribution is -0.131. The first kappa shape index (κ1) is 16.3. The Hall–Kier alpha value is -2.55. The van der Waals surface area contributed by atoms with E-state index in [1.165, 1.54) is 10.3 Å². The fraction of sp³-hybridized carbons (Fsp3) is 0.333. The Morgan fingerprint density at radius 3 is 2.79 bits per heavy atom. The van der Waals surface area contributed by atoms with Crippen LogP contribution >= 0.6 is 0 Å². The van der Waals surface area contributed by atoms with E-state index in [0.717, 1.165) is 5.56 Å². The van der Waals surface area contributed by atoms with Gasteiger partial charge >= 0.3 is 0 Å². The molecule has 0 spiro atoms. The zero-order valence-corrected chi connectivity index (χ0v) is 13.8. The number of aromatic nitrogens is 3. The van der Waals surface area contributed by atoms with E-state index in [1.807, 2.05) is 0 Å². The van der Waals surface area contributed by atoms with Crippen LogP contribution < -0.4 is 0 Å². The van der Waals surface area contributed by atoms with Crippen LogP contribution in [0, 0.1) is 5.92 Å². The van der Waals surface area contributed by atoms with Crippen LogP contribution in [0.1, 0.15) is 12.3 Å². The topological polar surface area (TPSA) is 106 Å². The molecule has 24 heavy (non-hydrogen) atoms. The Labute approximate surface area is 139 Å². The molecular formula is C15H16N4O4S. The number of pyridine rings is 1. The van der Waals surface area contributed by atoms with Crippen LogP contribution in [0.25, 0.3) is 11.4 Å². The molecule has 1 amide bonds. The summed E-state index contributed by atoms with van der Waals surface area (Å²) in [7, 11) is -1.53. The second kappa shape index (κ2) is 6.52. The lowest BCUT2D eigenvalue weighted by atomic mass is 10.1. The maximum absolute atomic E-state index is 12.2. The van der Waals surface area contributed by atoms with Crippen LogP contribution in [0.5, 0.6) is 0 Å². The minimum absolute atomic E-state index is 0.0146. The molecule has 8 nitrogen and oxygen atoms in total. The smallest absolute Gasteiger partial charge is 0.246 e. The highest BCUT2D eigenvalue weighted by atomic mass is 32.2. The van der Waals surface area contributed by atoms with Gasteiger partial charge in [-0.15, -0.1) is 0 Å². The van der Waals surface area contributed by atoms with E-state index < -0.39 is 9.84 Å². The molecular weight excluding hydrogens is 332 g/mol. The number of carbonyl (C=O) groups excluding carboxylic acids is 1. The molecule has 2 aromatic heterocycles. The van der Waals surface area contributed by atoms with Crippen molar-refractivity contribution in [3.8, 4) is 11.4 Å². The van der Waals surface area contributed by atoms with Crippen LogP contribution in [0.2, 0.25) is 0 Å². The third-order valence-corrected chi connectivity index (χ3v) is 5.11. The second-order valence-corrected chi connectivity index (χ2v) is 7.55. The van der Waals surface area contributed by atoms with E-state index >= 15 is 0 Å². The second-order valence-electron chi connectivity index (χ2n) is 5.62. The van der Waals surface area contributed by atoms with Gasteiger partial charge in [-0.25, -0.2) is 8.42 Å². The molecule has 126 valence electrons. The summed E-state index contributed by atoms with van der Waals surface area (Å²) in [6.07, 6.45) is 4.96. The van der Waals surface area contributed by atoms with Crippen LogP contribution in [0.4, 0.5) is 0 Å². The molecule has 2 aromatic rings. The molecule has 0 N–H and O–H groups in total. The predicted molar refractivity (Wildman–Crippen MR) is 85.0 cm³/mol. The molecule has 0 aliphatic carbocycles. The van der Waals surface area contributed by atoms with Crippen molar-refractivity contribution in [2.45, 2.75) is 13.0 Å². The van der Waals surface area contributed by atoms with E-state index in [2.05, 4.69) is 15.1 Å². The number of sulfone groups is 1. The maximum atomic E-state index is 12.2. The summed E-state index contributed by atoms with van der Waals surface area (Å²) in [5.74, 6) is 0.273. The highest BCUT2D eigenvalue weighted by Gasteiger charge is 2.25. The zero-order chi connectivity index (χ0) is 17.2. The Kier molecular flexibility index (Phi) is 4.43. The van der Waals surface area contributed by atoms with Gasteiger partial charge in [0.05, 0.1) is 12.3 Å². The molecule has 1 aliphatic heterocycles. The summed E-state index contributed by atoms with van der Waals surface area (Å²) in [4.78, 5) is 21.8. The molecule has 3 rings (SSSR count). The van der Waals surface area contributed by atoms with Gasteiger partial charge in [0.2, 0.25) is 17.6 Å². The van der Waals surface area contributed by atoms with E-state index in [0.29, 0.717) is 11.7 Å². The van der Waals surface area contributed by atoms with Crippen molar-refractivity contribution in [1.82, 2.24) is 20.0 Å². The lowest BCUT2D eigenvalue weighted by Gasteiger charge is -2.16. The zero-order valence-electron chi connectivity index (χ0n) is 13.0. The summed E-state index contributed by atoms with van der Waals surface area (Å²) in [6.45, 7) is 0.167. The van der Waals surface area contributed by atoms with Gasteiger partial charge in [0.1, 0.15) is 0 Å². The Balaban J connectivity index is 1.59. The Morgan fingerprint density at radius 2 is 2.12 bits per heavy atom. The van der Waals surface area contributed by atoms with Gasteiger partial charge in [0.15, 0.2) is 9.84 Å². The van der Waals surface area contributed by atoms with Gasteiger partial charge in [-0.1, -0.05) is 11.2 Å². The van der Waals surface area contributed by atoms with Crippen molar-refractivity contribution < 1.29 is 17.7 Å². The summed E-state index contributed by atoms with van der Waals surface area (Å²) in [5.41, 5.74) is 0.773. The number of hydrogen-bond acceptors (Lipinski definition) is 7. The van der Waals surface area contributed by atoms with Crippen LogP contribution in [-0.4, -0.2) is 47.2 Å². The fourth-order valence-corrected chi connectivity index (χ4v) is 3.77. The number of carbonyl (C=O) groups is 1. The monoisotopic (exact) mass is 348 g/mol. The van der Waals surface area contributed by atoms with Crippen LogP contribution in [-0.2, 0) is 21.2 Å². The highest BCUT2D eigenvalue weighted by Crippen LogP contribution is 2.20. The van der Waals surface area contributed by atoms with Gasteiger partial charge < -0.3 is 9.42 Å². The van der Waals surface area contributed by atoms with Gasteiger partial charge in [0, 0.05) is 42.8 Å². The average molecular weight is 348 g/mol. The van der Waals surface area contributed by atoms with E-state index in [9.17, 15) is 13.2 Å². The number of nitrogens with zero attached hydrogens (tertiary/aromatic N) is 4. The van der Waals surface area contributed by atoms with Crippen molar-refractivity contribution >= 4 is 15.7 Å². The fourth-order valence-electron chi connectivity index (χ4n) is 2.38. The SMILES string of the molecule is CN(Cc1nc(-c2ccncc2)no1)C(=O)C[C@@H]1C=CS(=O)(=O)C1. The summed E-state index contributed by atoms with van der Waals surface area (Å²) < 4.78 is 27.9. The third kappa shape index (κ3) is 3.85. The van der Waals surface area contributed by atoms with Crippen molar-refractivity contribution in [2.75, 3.05) is 12.8 Å². The van der Waals surface area contributed by atoms with Gasteiger partial charge in [-0.3, -0.25) is 9.78 Å². The first-order valence-corrected chi connectivity index (χ1v) is 9.02. The Bertz CT molecular complexity index is 861. The number of amides is 1. The van der Waals surface area contributed by atoms with E-state index in [4.69, 9.17) is 4.52 Å². The van der Waals surface area contributed by atoms with Crippen LogP contribution in [0.15, 0.2) is 40.5 Å². The molecule has 0 saturated heterocycles. The summed E-state index contributed by atoms with van der Waals surface area (Å²) >= 11 is 0. The van der Waals surface area contributed by atoms with Crippen molar-refractivity contribution in [3.63, 3.8) is 0 Å². The standard InChI is InChI=1S/C15H16N4O4S/c1-19(14(20)8-11-4-7-24(21,22)10-11)9-13-17-15(18-23-13)12-2-5-16-6-3-12/h2-7,11H,8-10H2,1H3/t11-/m0/s1. The highest BCUT2D eigenvalue weighted by molar-refractivity contribution is 7.94. The van der Waals surface area contributed by atoms with Gasteiger partial charge in [-0.2, -0.15) is 4.98 Å². The first-order valence-electron chi connectivity index (χ1n) is 7.31. The number of allylic oxidation sites excluding steroid dienone is 1. The van der Waals surface area contributed by atoms with E-state index in [-0.39, 0.29) is 30.5 Å². The third-order valence-electron chi connectivity index (χ3n) is 3.65. The normalized spacial score (nSPS) is 18.6. The van der Waals surface area contributed by atoms with Crippen LogP contribution in [0.3, 0.4) is 0 Å². The average Bonchev–Trinajstić information content (AvgIpc) is 3.14. The molecule has 0 saturated carbocycles. The molecule has 0 fully saturated rings. The lowest BCUT2D eigenvalue weighted by Crippen LogP contribution is -2.28.